The van der Waals surface area contributed by atoms with E-state index in [4.69, 9.17) is 10.3 Å². The number of rotatable bonds is 7. The Morgan fingerprint density at radius 3 is 2.89 bits per heavy atom. The average Bonchev–Trinajstić information content (AvgIpc) is 3.29. The van der Waals surface area contributed by atoms with Crippen molar-refractivity contribution in [3.8, 4) is 0 Å². The van der Waals surface area contributed by atoms with Gasteiger partial charge in [0.05, 0.1) is 6.04 Å². The molecule has 0 radical (unpaired) electrons. The van der Waals surface area contributed by atoms with E-state index in [1.54, 1.807) is 12.1 Å². The third-order valence-electron chi connectivity index (χ3n) is 5.08. The van der Waals surface area contributed by atoms with E-state index >= 15 is 0 Å². The number of aliphatic hydroxyl groups is 1. The van der Waals surface area contributed by atoms with Crippen molar-refractivity contribution in [3.63, 3.8) is 0 Å². The van der Waals surface area contributed by atoms with Gasteiger partial charge in [0.2, 0.25) is 0 Å². The number of azide groups is 1. The van der Waals surface area contributed by atoms with Crippen LogP contribution in [0.4, 0.5) is 10.5 Å². The van der Waals surface area contributed by atoms with Crippen LogP contribution >= 0.6 is 0 Å². The van der Waals surface area contributed by atoms with Gasteiger partial charge in [-0.3, -0.25) is 0 Å². The predicted molar refractivity (Wildman–Crippen MR) is 101 cm³/mol. The number of carbonyl (C=O) groups excluding carboxylic acids is 1. The predicted octanol–water partition coefficient (Wildman–Crippen LogP) is 1.74. The maximum Gasteiger partial charge on any atom is 0.407 e. The van der Waals surface area contributed by atoms with E-state index < -0.39 is 18.3 Å². The van der Waals surface area contributed by atoms with Gasteiger partial charge in [-0.2, -0.15) is 0 Å². The molecule has 27 heavy (non-hydrogen) atoms. The van der Waals surface area contributed by atoms with Gasteiger partial charge in [-0.25, -0.2) is 4.79 Å². The molecule has 2 heterocycles. The van der Waals surface area contributed by atoms with Crippen molar-refractivity contribution in [2.24, 2.45) is 5.11 Å². The SMILES string of the molecule is [N-]=[N+]=Nc1ccc(C[C@H]2NC[C@H](O)C2OC(=O)NCC[C@@H]2CCCN2)cc1. The molecule has 0 saturated carbocycles. The molecule has 4 atom stereocenters. The number of amides is 1. The number of ether oxygens (including phenoxy) is 1. The third-order valence-corrected chi connectivity index (χ3v) is 5.08. The van der Waals surface area contributed by atoms with Crippen LogP contribution in [0, 0.1) is 0 Å². The lowest BCUT2D eigenvalue weighted by Crippen LogP contribution is -2.42. The Morgan fingerprint density at radius 1 is 1.37 bits per heavy atom. The van der Waals surface area contributed by atoms with Crippen molar-refractivity contribution in [3.05, 3.63) is 40.3 Å². The number of β-amino-alcohol motifs (C(OH)–C–C–N with tert-alkyl or cyclic N) is 1. The first kappa shape index (κ1) is 19.4. The molecule has 0 aliphatic carbocycles. The molecule has 9 heteroatoms. The molecule has 3 rings (SSSR count). The first-order chi connectivity index (χ1) is 13.2. The molecule has 0 aromatic heterocycles. The van der Waals surface area contributed by atoms with Crippen LogP contribution in [-0.4, -0.2) is 55.1 Å². The zero-order valence-corrected chi connectivity index (χ0v) is 15.2. The summed E-state index contributed by atoms with van der Waals surface area (Å²) in [5, 5.41) is 23.1. The van der Waals surface area contributed by atoms with E-state index in [0.29, 0.717) is 31.2 Å². The van der Waals surface area contributed by atoms with Crippen LogP contribution in [0.25, 0.3) is 10.4 Å². The lowest BCUT2D eigenvalue weighted by Gasteiger charge is -2.22. The number of nitrogens with zero attached hydrogens (tertiary/aromatic N) is 3. The van der Waals surface area contributed by atoms with Crippen LogP contribution in [0.15, 0.2) is 29.4 Å². The van der Waals surface area contributed by atoms with Crippen molar-refractivity contribution in [2.75, 3.05) is 19.6 Å². The van der Waals surface area contributed by atoms with Gasteiger partial charge in [-0.15, -0.1) is 0 Å². The molecule has 1 aromatic carbocycles. The van der Waals surface area contributed by atoms with E-state index in [1.165, 1.54) is 6.42 Å². The molecule has 1 aromatic rings. The van der Waals surface area contributed by atoms with Crippen LogP contribution in [0.1, 0.15) is 24.8 Å². The fourth-order valence-corrected chi connectivity index (χ4v) is 3.64. The fourth-order valence-electron chi connectivity index (χ4n) is 3.64. The summed E-state index contributed by atoms with van der Waals surface area (Å²) in [6.45, 7) is 1.98. The minimum Gasteiger partial charge on any atom is -0.442 e. The Kier molecular flexibility index (Phi) is 6.89. The molecule has 4 N–H and O–H groups in total. The molecule has 146 valence electrons. The normalized spacial score (nSPS) is 27.1. The van der Waals surface area contributed by atoms with Crippen molar-refractivity contribution >= 4 is 11.8 Å². The largest absolute Gasteiger partial charge is 0.442 e. The number of carbonyl (C=O) groups is 1. The van der Waals surface area contributed by atoms with Crippen LogP contribution in [0.5, 0.6) is 0 Å². The Balaban J connectivity index is 1.48. The highest BCUT2D eigenvalue weighted by atomic mass is 16.6. The molecule has 1 amide bonds. The third kappa shape index (κ3) is 5.58. The molecule has 2 saturated heterocycles. The second-order valence-corrected chi connectivity index (χ2v) is 7.02. The summed E-state index contributed by atoms with van der Waals surface area (Å²) in [6.07, 6.45) is 1.96. The van der Waals surface area contributed by atoms with E-state index in [2.05, 4.69) is 26.0 Å². The van der Waals surface area contributed by atoms with Gasteiger partial charge in [0.15, 0.2) is 0 Å². The smallest absolute Gasteiger partial charge is 0.407 e. The molecule has 2 fully saturated rings. The topological polar surface area (TPSA) is 131 Å². The first-order valence-corrected chi connectivity index (χ1v) is 9.39. The second-order valence-electron chi connectivity index (χ2n) is 7.02. The first-order valence-electron chi connectivity index (χ1n) is 9.39. The van der Waals surface area contributed by atoms with Crippen molar-refractivity contribution in [1.82, 2.24) is 16.0 Å². The molecule has 2 aliphatic heterocycles. The van der Waals surface area contributed by atoms with Gasteiger partial charge < -0.3 is 25.8 Å². The Morgan fingerprint density at radius 2 is 2.19 bits per heavy atom. The quantitative estimate of drug-likeness (QED) is 0.328. The standard InChI is InChI=1S/C18H26N6O3/c19-24-23-14-5-3-12(4-6-14)10-15-17(16(25)11-22-15)27-18(26)21-9-7-13-2-1-8-20-13/h3-6,13,15-17,20,22,25H,1-2,7-11H2,(H,21,26)/t13-,15+,16-,17?/m0/s1. The Bertz CT molecular complexity index is 670. The minimum atomic E-state index is -0.736. The Labute approximate surface area is 158 Å². The maximum atomic E-state index is 12.1. The molecule has 2 aliphatic rings. The number of aliphatic hydroxyl groups excluding tert-OH is 1. The molecular weight excluding hydrogens is 348 g/mol. The summed E-state index contributed by atoms with van der Waals surface area (Å²) < 4.78 is 5.49. The zero-order valence-electron chi connectivity index (χ0n) is 15.2. The van der Waals surface area contributed by atoms with Crippen molar-refractivity contribution in [1.29, 1.82) is 0 Å². The number of hydrogen-bond donors (Lipinski definition) is 4. The van der Waals surface area contributed by atoms with Crippen LogP contribution < -0.4 is 16.0 Å². The number of nitrogens with one attached hydrogen (secondary N) is 3. The average molecular weight is 374 g/mol. The second kappa shape index (κ2) is 9.57. The summed E-state index contributed by atoms with van der Waals surface area (Å²) in [6, 6.07) is 7.49. The Hall–Kier alpha value is -2.32. The molecular formula is C18H26N6O3. The van der Waals surface area contributed by atoms with Gasteiger partial charge >= 0.3 is 6.09 Å². The lowest BCUT2D eigenvalue weighted by atomic mass is 10.0. The van der Waals surface area contributed by atoms with Crippen molar-refractivity contribution in [2.45, 2.75) is 50.0 Å². The van der Waals surface area contributed by atoms with Gasteiger partial charge in [0.1, 0.15) is 12.2 Å². The summed E-state index contributed by atoms with van der Waals surface area (Å²) >= 11 is 0. The number of benzene rings is 1. The minimum absolute atomic E-state index is 0.174. The van der Waals surface area contributed by atoms with E-state index in [-0.39, 0.29) is 6.04 Å². The van der Waals surface area contributed by atoms with Gasteiger partial charge in [-0.1, -0.05) is 29.4 Å². The highest BCUT2D eigenvalue weighted by Gasteiger charge is 2.37. The highest BCUT2D eigenvalue weighted by Crippen LogP contribution is 2.19. The maximum absolute atomic E-state index is 12.1. The lowest BCUT2D eigenvalue weighted by molar-refractivity contribution is 0.0189. The van der Waals surface area contributed by atoms with Crippen LogP contribution in [-0.2, 0) is 11.2 Å². The van der Waals surface area contributed by atoms with Gasteiger partial charge in [-0.05, 0) is 43.3 Å². The summed E-state index contributed by atoms with van der Waals surface area (Å²) in [5.41, 5.74) is 10.00. The van der Waals surface area contributed by atoms with E-state index in [1.807, 2.05) is 12.1 Å². The fraction of sp³-hybridized carbons (Fsp3) is 0.611. The van der Waals surface area contributed by atoms with Crippen molar-refractivity contribution < 1.29 is 14.6 Å². The van der Waals surface area contributed by atoms with E-state index in [9.17, 15) is 9.90 Å². The molecule has 0 spiro atoms. The zero-order chi connectivity index (χ0) is 19.1. The van der Waals surface area contributed by atoms with E-state index in [0.717, 1.165) is 24.9 Å². The summed E-state index contributed by atoms with van der Waals surface area (Å²) in [7, 11) is 0. The molecule has 1 unspecified atom stereocenters. The number of hydrogen-bond acceptors (Lipinski definition) is 6. The summed E-state index contributed by atoms with van der Waals surface area (Å²) in [5.74, 6) is 0. The monoisotopic (exact) mass is 374 g/mol. The molecule has 0 bridgehead atoms. The number of alkyl carbamates (subject to hydrolysis) is 1. The summed E-state index contributed by atoms with van der Waals surface area (Å²) in [4.78, 5) is 14.8. The van der Waals surface area contributed by atoms with Gasteiger partial charge in [0.25, 0.3) is 0 Å². The van der Waals surface area contributed by atoms with Gasteiger partial charge in [0, 0.05) is 29.7 Å². The molecule has 9 nitrogen and oxygen atoms in total. The highest BCUT2D eigenvalue weighted by molar-refractivity contribution is 5.67. The van der Waals surface area contributed by atoms with Crippen LogP contribution in [0.2, 0.25) is 0 Å². The van der Waals surface area contributed by atoms with Crippen LogP contribution in [0.3, 0.4) is 0 Å².